The summed E-state index contributed by atoms with van der Waals surface area (Å²) in [5.74, 6) is 0.151. The molecule has 0 saturated carbocycles. The molecular weight excluding hydrogens is 552 g/mol. The zero-order valence-electron chi connectivity index (χ0n) is 23.0. The summed E-state index contributed by atoms with van der Waals surface area (Å²) in [6.07, 6.45) is 2.19. The molecule has 1 atom stereocenters. The second-order valence-electron chi connectivity index (χ2n) is 10.1. The van der Waals surface area contributed by atoms with Crippen LogP contribution in [0.1, 0.15) is 43.5 Å². The van der Waals surface area contributed by atoms with Crippen LogP contribution in [0.5, 0.6) is 5.75 Å². The number of likely N-dealkylation sites (tertiary alicyclic amines) is 1. The molecule has 1 N–H and O–H groups in total. The smallest absolute Gasteiger partial charge is 0.338 e. The molecule has 2 heterocycles. The molecule has 2 aromatic rings. The standard InChI is InChI=1S/C29H35ClN4O5S/c1-4-39-28(37)20-5-7-21(8-6-20)31-26(35)18-24-27(36)34(22-9-10-25(38-3)23(30)17-22)29(40)33(24)16-15-32-13-11-19(2)12-14-32/h5-10,17,19,24H,4,11-16,18H2,1-3H3,(H,31,35). The maximum atomic E-state index is 13.7. The summed E-state index contributed by atoms with van der Waals surface area (Å²) in [5, 5.41) is 3.53. The molecule has 2 aliphatic rings. The Morgan fingerprint density at radius 3 is 2.42 bits per heavy atom. The van der Waals surface area contributed by atoms with Crippen LogP contribution in [-0.4, -0.2) is 78.6 Å². The third-order valence-electron chi connectivity index (χ3n) is 7.30. The molecule has 214 valence electrons. The third kappa shape index (κ3) is 6.92. The van der Waals surface area contributed by atoms with Crippen molar-refractivity contribution in [2.75, 3.05) is 50.1 Å². The SMILES string of the molecule is CCOC(=O)c1ccc(NC(=O)CC2C(=O)N(c3ccc(OC)c(Cl)c3)C(=S)N2CCN2CCC(C)CC2)cc1. The van der Waals surface area contributed by atoms with E-state index in [1.165, 1.54) is 12.0 Å². The Morgan fingerprint density at radius 1 is 1.10 bits per heavy atom. The number of nitrogens with zero attached hydrogens (tertiary/aromatic N) is 3. The number of rotatable bonds is 10. The fourth-order valence-corrected chi connectivity index (χ4v) is 5.61. The highest BCUT2D eigenvalue weighted by atomic mass is 35.5. The Bertz CT molecular complexity index is 1250. The second-order valence-corrected chi connectivity index (χ2v) is 10.8. The van der Waals surface area contributed by atoms with Gasteiger partial charge in [-0.3, -0.25) is 14.5 Å². The number of esters is 1. The Kier molecular flexibility index (Phi) is 9.99. The monoisotopic (exact) mass is 586 g/mol. The minimum atomic E-state index is -0.768. The number of halogens is 1. The van der Waals surface area contributed by atoms with Crippen LogP contribution in [0, 0.1) is 5.92 Å². The Morgan fingerprint density at radius 2 is 1.80 bits per heavy atom. The molecule has 0 bridgehead atoms. The fraction of sp³-hybridized carbons (Fsp3) is 0.448. The van der Waals surface area contributed by atoms with Crippen LogP contribution in [0.25, 0.3) is 0 Å². The lowest BCUT2D eigenvalue weighted by atomic mass is 9.99. The summed E-state index contributed by atoms with van der Waals surface area (Å²) in [7, 11) is 1.52. The molecule has 2 fully saturated rings. The van der Waals surface area contributed by atoms with Gasteiger partial charge in [0.15, 0.2) is 5.11 Å². The second kappa shape index (κ2) is 13.4. The highest BCUT2D eigenvalue weighted by Crippen LogP contribution is 2.33. The molecule has 2 aliphatic heterocycles. The highest BCUT2D eigenvalue weighted by Gasteiger charge is 2.44. The van der Waals surface area contributed by atoms with Crippen molar-refractivity contribution in [1.82, 2.24) is 9.80 Å². The molecule has 2 amide bonds. The van der Waals surface area contributed by atoms with Crippen LogP contribution in [0.2, 0.25) is 5.02 Å². The van der Waals surface area contributed by atoms with Gasteiger partial charge >= 0.3 is 5.97 Å². The van der Waals surface area contributed by atoms with Crippen molar-refractivity contribution >= 4 is 58.1 Å². The normalized spacial score (nSPS) is 18.2. The molecule has 4 rings (SSSR count). The Hall–Kier alpha value is -3.21. The van der Waals surface area contributed by atoms with Gasteiger partial charge in [0.1, 0.15) is 11.8 Å². The number of benzene rings is 2. The number of thiocarbonyl (C=S) groups is 1. The van der Waals surface area contributed by atoms with E-state index in [1.54, 1.807) is 49.4 Å². The molecule has 2 saturated heterocycles. The largest absolute Gasteiger partial charge is 0.495 e. The molecule has 1 unspecified atom stereocenters. The van der Waals surface area contributed by atoms with Gasteiger partial charge in [0.2, 0.25) is 5.91 Å². The van der Waals surface area contributed by atoms with Crippen molar-refractivity contribution in [3.63, 3.8) is 0 Å². The minimum Gasteiger partial charge on any atom is -0.495 e. The zero-order chi connectivity index (χ0) is 28.8. The van der Waals surface area contributed by atoms with Gasteiger partial charge in [0.05, 0.1) is 36.4 Å². The first-order valence-corrected chi connectivity index (χ1v) is 14.3. The third-order valence-corrected chi connectivity index (χ3v) is 8.02. The fourth-order valence-electron chi connectivity index (χ4n) is 4.95. The van der Waals surface area contributed by atoms with E-state index in [-0.39, 0.29) is 24.8 Å². The first kappa shape index (κ1) is 29.8. The van der Waals surface area contributed by atoms with Gasteiger partial charge < -0.3 is 24.6 Å². The van der Waals surface area contributed by atoms with Gasteiger partial charge in [-0.15, -0.1) is 0 Å². The molecule has 2 aromatic carbocycles. The maximum Gasteiger partial charge on any atom is 0.338 e. The molecule has 9 nitrogen and oxygen atoms in total. The quantitative estimate of drug-likeness (QED) is 0.319. The van der Waals surface area contributed by atoms with E-state index in [9.17, 15) is 14.4 Å². The molecule has 40 heavy (non-hydrogen) atoms. The average Bonchev–Trinajstić information content (AvgIpc) is 3.16. The number of piperidine rings is 1. The topological polar surface area (TPSA) is 91.4 Å². The van der Waals surface area contributed by atoms with Crippen molar-refractivity contribution in [3.8, 4) is 5.75 Å². The molecule has 0 aromatic heterocycles. The molecule has 0 radical (unpaired) electrons. The van der Waals surface area contributed by atoms with Crippen LogP contribution >= 0.6 is 23.8 Å². The summed E-state index contributed by atoms with van der Waals surface area (Å²) in [4.78, 5) is 44.4. The van der Waals surface area contributed by atoms with Crippen LogP contribution in [0.3, 0.4) is 0 Å². The first-order chi connectivity index (χ1) is 19.2. The van der Waals surface area contributed by atoms with E-state index in [4.69, 9.17) is 33.3 Å². The lowest BCUT2D eigenvalue weighted by molar-refractivity contribution is -0.124. The molecule has 0 spiro atoms. The van der Waals surface area contributed by atoms with E-state index in [0.717, 1.165) is 32.5 Å². The van der Waals surface area contributed by atoms with Gasteiger partial charge in [-0.2, -0.15) is 0 Å². The number of carbonyl (C=O) groups is 3. The van der Waals surface area contributed by atoms with Crippen molar-refractivity contribution in [1.29, 1.82) is 0 Å². The van der Waals surface area contributed by atoms with E-state index in [2.05, 4.69) is 17.1 Å². The van der Waals surface area contributed by atoms with Crippen LogP contribution in [0.4, 0.5) is 11.4 Å². The van der Waals surface area contributed by atoms with Crippen molar-refractivity contribution in [2.45, 2.75) is 39.2 Å². The first-order valence-electron chi connectivity index (χ1n) is 13.5. The molecule has 11 heteroatoms. The Labute approximate surface area is 245 Å². The lowest BCUT2D eigenvalue weighted by Gasteiger charge is -2.32. The summed E-state index contributed by atoms with van der Waals surface area (Å²) in [6.45, 7) is 7.55. The number of carbonyl (C=O) groups excluding carboxylic acids is 3. The van der Waals surface area contributed by atoms with Gasteiger partial charge in [0, 0.05) is 18.8 Å². The van der Waals surface area contributed by atoms with Gasteiger partial charge in [-0.05, 0) is 93.5 Å². The van der Waals surface area contributed by atoms with Crippen molar-refractivity contribution in [3.05, 3.63) is 53.1 Å². The predicted molar refractivity (Wildman–Crippen MR) is 159 cm³/mol. The summed E-state index contributed by atoms with van der Waals surface area (Å²) in [5.41, 5.74) is 1.43. The summed E-state index contributed by atoms with van der Waals surface area (Å²) < 4.78 is 10.3. The Balaban J connectivity index is 1.50. The van der Waals surface area contributed by atoms with Gasteiger partial charge in [-0.1, -0.05) is 18.5 Å². The predicted octanol–water partition coefficient (Wildman–Crippen LogP) is 4.59. The number of amides is 2. The van der Waals surface area contributed by atoms with E-state index < -0.39 is 12.0 Å². The van der Waals surface area contributed by atoms with Crippen LogP contribution < -0.4 is 15.0 Å². The van der Waals surface area contributed by atoms with Crippen molar-refractivity contribution < 1.29 is 23.9 Å². The maximum absolute atomic E-state index is 13.7. The zero-order valence-corrected chi connectivity index (χ0v) is 24.6. The number of hydrogen-bond acceptors (Lipinski definition) is 7. The highest BCUT2D eigenvalue weighted by molar-refractivity contribution is 7.80. The number of methoxy groups -OCH3 is 1. The van der Waals surface area contributed by atoms with E-state index in [1.807, 2.05) is 4.90 Å². The van der Waals surface area contributed by atoms with Gasteiger partial charge in [0.25, 0.3) is 5.91 Å². The minimum absolute atomic E-state index is 0.0873. The molecular formula is C29H35ClN4O5S. The number of anilines is 2. The number of ether oxygens (including phenoxy) is 2. The van der Waals surface area contributed by atoms with Gasteiger partial charge in [-0.25, -0.2) is 4.79 Å². The number of hydrogen-bond donors (Lipinski definition) is 1. The summed E-state index contributed by atoms with van der Waals surface area (Å²) >= 11 is 12.1. The van der Waals surface area contributed by atoms with Crippen LogP contribution in [0.15, 0.2) is 42.5 Å². The van der Waals surface area contributed by atoms with Crippen molar-refractivity contribution in [2.24, 2.45) is 5.92 Å². The van der Waals surface area contributed by atoms with E-state index >= 15 is 0 Å². The van der Waals surface area contributed by atoms with E-state index in [0.29, 0.717) is 45.3 Å². The van der Waals surface area contributed by atoms with Crippen LogP contribution in [-0.2, 0) is 14.3 Å². The molecule has 0 aliphatic carbocycles. The summed E-state index contributed by atoms with van der Waals surface area (Å²) in [6, 6.07) is 10.7. The average molecular weight is 587 g/mol. The lowest BCUT2D eigenvalue weighted by Crippen LogP contribution is -2.44. The number of nitrogens with one attached hydrogen (secondary N) is 1.